The number of benzene rings is 1. The predicted octanol–water partition coefficient (Wildman–Crippen LogP) is 2.99. The number of anilines is 1. The Morgan fingerprint density at radius 2 is 1.89 bits per heavy atom. The molecule has 1 atom stereocenters. The van der Waals surface area contributed by atoms with Gasteiger partial charge >= 0.3 is 0 Å². The highest BCUT2D eigenvalue weighted by molar-refractivity contribution is 5.91. The zero-order valence-electron chi connectivity index (χ0n) is 16.0. The lowest BCUT2D eigenvalue weighted by Gasteiger charge is -2.36. The molecular weight excluding hydrogens is 350 g/mol. The van der Waals surface area contributed by atoms with E-state index in [2.05, 4.69) is 33.0 Å². The van der Waals surface area contributed by atoms with E-state index in [4.69, 9.17) is 14.7 Å². The number of aromatic nitrogens is 3. The van der Waals surface area contributed by atoms with Crippen molar-refractivity contribution in [2.45, 2.75) is 18.9 Å². The van der Waals surface area contributed by atoms with Gasteiger partial charge in [-0.1, -0.05) is 12.1 Å². The van der Waals surface area contributed by atoms with Crippen molar-refractivity contribution in [3.63, 3.8) is 0 Å². The van der Waals surface area contributed by atoms with Gasteiger partial charge in [0.15, 0.2) is 5.82 Å². The quantitative estimate of drug-likeness (QED) is 0.699. The average molecular weight is 375 g/mol. The van der Waals surface area contributed by atoms with Crippen LogP contribution in [0.15, 0.2) is 48.8 Å². The van der Waals surface area contributed by atoms with Gasteiger partial charge in [-0.25, -0.2) is 9.97 Å². The molecule has 0 spiro atoms. The first kappa shape index (κ1) is 17.5. The summed E-state index contributed by atoms with van der Waals surface area (Å²) in [4.78, 5) is 18.9. The zero-order valence-corrected chi connectivity index (χ0v) is 16.0. The molecule has 2 aliphatic heterocycles. The zero-order chi connectivity index (χ0) is 18.8. The maximum absolute atomic E-state index is 5.81. The van der Waals surface area contributed by atoms with Gasteiger partial charge in [-0.2, -0.15) is 0 Å². The van der Waals surface area contributed by atoms with Gasteiger partial charge in [0.25, 0.3) is 0 Å². The Hall–Kier alpha value is -2.57. The molecule has 2 saturated heterocycles. The maximum atomic E-state index is 5.81. The van der Waals surface area contributed by atoms with Gasteiger partial charge in [-0.3, -0.25) is 9.88 Å². The molecule has 2 aliphatic rings. The number of fused-ring (bicyclic) bond motifs is 1. The molecule has 5 rings (SSSR count). The highest BCUT2D eigenvalue weighted by Gasteiger charge is 2.24. The van der Waals surface area contributed by atoms with E-state index < -0.39 is 0 Å². The number of pyridine rings is 1. The summed E-state index contributed by atoms with van der Waals surface area (Å²) < 4.78 is 5.81. The highest BCUT2D eigenvalue weighted by atomic mass is 16.5. The second-order valence-corrected chi connectivity index (χ2v) is 7.55. The molecule has 1 aromatic carbocycles. The summed E-state index contributed by atoms with van der Waals surface area (Å²) >= 11 is 0. The number of ether oxygens (including phenoxy) is 1. The fourth-order valence-corrected chi connectivity index (χ4v) is 4.14. The number of hydrogen-bond donors (Lipinski definition) is 0. The van der Waals surface area contributed by atoms with Crippen molar-refractivity contribution in [1.29, 1.82) is 0 Å². The topological polar surface area (TPSA) is 54.4 Å². The van der Waals surface area contributed by atoms with Crippen LogP contribution in [0.2, 0.25) is 0 Å². The van der Waals surface area contributed by atoms with Crippen LogP contribution in [0.1, 0.15) is 12.8 Å². The summed E-state index contributed by atoms with van der Waals surface area (Å²) in [7, 11) is 0. The molecule has 2 fully saturated rings. The van der Waals surface area contributed by atoms with Crippen molar-refractivity contribution in [3.8, 4) is 11.4 Å². The molecule has 2 aromatic heterocycles. The van der Waals surface area contributed by atoms with Gasteiger partial charge in [0, 0.05) is 62.7 Å². The Morgan fingerprint density at radius 3 is 2.68 bits per heavy atom. The van der Waals surface area contributed by atoms with Crippen LogP contribution in [0.25, 0.3) is 22.3 Å². The molecule has 4 heterocycles. The largest absolute Gasteiger partial charge is 0.377 e. The van der Waals surface area contributed by atoms with E-state index in [9.17, 15) is 0 Å². The first-order valence-corrected chi connectivity index (χ1v) is 10.1. The first-order chi connectivity index (χ1) is 13.9. The number of nitrogens with zero attached hydrogens (tertiary/aromatic N) is 5. The fourth-order valence-electron chi connectivity index (χ4n) is 4.14. The van der Waals surface area contributed by atoms with Gasteiger partial charge in [0.1, 0.15) is 5.82 Å². The minimum atomic E-state index is 0.420. The smallest absolute Gasteiger partial charge is 0.163 e. The Kier molecular flexibility index (Phi) is 4.89. The Bertz CT molecular complexity index is 934. The summed E-state index contributed by atoms with van der Waals surface area (Å²) in [5.41, 5.74) is 1.93. The standard InChI is InChI=1S/C22H25N5O/c1-2-8-20-19(7-1)22(25-21(24-20)17-5-3-9-23-15-17)27-12-10-26(11-13-27)16-18-6-4-14-28-18/h1-3,5,7-9,15,18H,4,6,10-14,16H2/t18-/m0/s1. The van der Waals surface area contributed by atoms with Crippen LogP contribution >= 0.6 is 0 Å². The van der Waals surface area contributed by atoms with Crippen LogP contribution in [-0.2, 0) is 4.74 Å². The number of para-hydroxylation sites is 1. The minimum Gasteiger partial charge on any atom is -0.377 e. The summed E-state index contributed by atoms with van der Waals surface area (Å²) in [5.74, 6) is 1.77. The van der Waals surface area contributed by atoms with Crippen molar-refractivity contribution in [2.24, 2.45) is 0 Å². The van der Waals surface area contributed by atoms with Crippen molar-refractivity contribution >= 4 is 16.7 Å². The second-order valence-electron chi connectivity index (χ2n) is 7.55. The Morgan fingerprint density at radius 1 is 1.00 bits per heavy atom. The van der Waals surface area contributed by atoms with Gasteiger partial charge < -0.3 is 9.64 Å². The second kappa shape index (κ2) is 7.81. The molecular formula is C22H25N5O. The van der Waals surface area contributed by atoms with E-state index in [1.807, 2.05) is 24.4 Å². The lowest BCUT2D eigenvalue weighted by Crippen LogP contribution is -2.48. The van der Waals surface area contributed by atoms with E-state index in [1.54, 1.807) is 6.20 Å². The maximum Gasteiger partial charge on any atom is 0.163 e. The lowest BCUT2D eigenvalue weighted by atomic mass is 10.1. The highest BCUT2D eigenvalue weighted by Crippen LogP contribution is 2.28. The molecule has 0 radical (unpaired) electrons. The molecule has 28 heavy (non-hydrogen) atoms. The van der Waals surface area contributed by atoms with Crippen LogP contribution in [0.5, 0.6) is 0 Å². The number of piperazine rings is 1. The third kappa shape index (κ3) is 3.57. The molecule has 3 aromatic rings. The predicted molar refractivity (Wildman–Crippen MR) is 110 cm³/mol. The molecule has 0 amide bonds. The minimum absolute atomic E-state index is 0.420. The van der Waals surface area contributed by atoms with E-state index in [0.29, 0.717) is 6.10 Å². The molecule has 144 valence electrons. The third-order valence-electron chi connectivity index (χ3n) is 5.66. The molecule has 6 nitrogen and oxygen atoms in total. The van der Waals surface area contributed by atoms with Gasteiger partial charge in [-0.05, 0) is 37.1 Å². The van der Waals surface area contributed by atoms with E-state index >= 15 is 0 Å². The SMILES string of the molecule is c1cncc(-c2nc(N3CCN(C[C@@H]4CCCO4)CC3)c3ccccc3n2)c1. The molecule has 0 N–H and O–H groups in total. The van der Waals surface area contributed by atoms with Crippen LogP contribution in [0.3, 0.4) is 0 Å². The fraction of sp³-hybridized carbons (Fsp3) is 0.409. The van der Waals surface area contributed by atoms with Gasteiger partial charge in [0.2, 0.25) is 0 Å². The molecule has 0 bridgehead atoms. The van der Waals surface area contributed by atoms with Crippen molar-refractivity contribution in [1.82, 2.24) is 19.9 Å². The normalized spacial score (nSPS) is 20.7. The summed E-state index contributed by atoms with van der Waals surface area (Å²) in [6, 6.07) is 12.2. The van der Waals surface area contributed by atoms with Crippen LogP contribution in [0.4, 0.5) is 5.82 Å². The van der Waals surface area contributed by atoms with Crippen LogP contribution < -0.4 is 4.90 Å². The average Bonchev–Trinajstić information content (AvgIpc) is 3.27. The third-order valence-corrected chi connectivity index (χ3v) is 5.66. The van der Waals surface area contributed by atoms with Gasteiger partial charge in [-0.15, -0.1) is 0 Å². The monoisotopic (exact) mass is 375 g/mol. The van der Waals surface area contributed by atoms with Crippen molar-refractivity contribution in [2.75, 3.05) is 44.2 Å². The lowest BCUT2D eigenvalue weighted by molar-refractivity contribution is 0.0712. The molecule has 6 heteroatoms. The van der Waals surface area contributed by atoms with Crippen LogP contribution in [-0.4, -0.2) is 65.3 Å². The Balaban J connectivity index is 1.40. The number of hydrogen-bond acceptors (Lipinski definition) is 6. The van der Waals surface area contributed by atoms with E-state index in [0.717, 1.165) is 67.4 Å². The van der Waals surface area contributed by atoms with E-state index in [-0.39, 0.29) is 0 Å². The molecule has 0 saturated carbocycles. The van der Waals surface area contributed by atoms with Crippen LogP contribution in [0, 0.1) is 0 Å². The number of rotatable bonds is 4. The molecule has 0 unspecified atom stereocenters. The summed E-state index contributed by atoms with van der Waals surface area (Å²) in [5, 5.41) is 1.11. The van der Waals surface area contributed by atoms with Gasteiger partial charge in [0.05, 0.1) is 11.6 Å². The Labute approximate surface area is 165 Å². The van der Waals surface area contributed by atoms with Crippen molar-refractivity contribution in [3.05, 3.63) is 48.8 Å². The van der Waals surface area contributed by atoms with Crippen molar-refractivity contribution < 1.29 is 4.74 Å². The summed E-state index contributed by atoms with van der Waals surface area (Å²) in [6.07, 6.45) is 6.43. The van der Waals surface area contributed by atoms with E-state index in [1.165, 1.54) is 12.8 Å². The first-order valence-electron chi connectivity index (χ1n) is 10.1. The molecule has 0 aliphatic carbocycles. The summed E-state index contributed by atoms with van der Waals surface area (Å²) in [6.45, 7) is 6.01.